The monoisotopic (exact) mass is 377 g/mol. The Morgan fingerprint density at radius 3 is 2.27 bits per heavy atom. The topological polar surface area (TPSA) is 72.9 Å². The summed E-state index contributed by atoms with van der Waals surface area (Å²) in [6.07, 6.45) is 0.526. The molecular weight excluding hydrogens is 354 g/mol. The number of sulfonamides is 1. The summed E-state index contributed by atoms with van der Waals surface area (Å²) in [5.41, 5.74) is 0.548. The fourth-order valence-corrected chi connectivity index (χ4v) is 3.96. The minimum absolute atomic E-state index is 0.162. The van der Waals surface area contributed by atoms with Crippen LogP contribution in [0.15, 0.2) is 59.5 Å². The van der Waals surface area contributed by atoms with Crippen molar-refractivity contribution in [3.05, 3.63) is 54.6 Å². The molecular formula is C19H23NO5S. The van der Waals surface area contributed by atoms with Crippen molar-refractivity contribution in [2.45, 2.75) is 24.7 Å². The average Bonchev–Trinajstić information content (AvgIpc) is 2.66. The summed E-state index contributed by atoms with van der Waals surface area (Å²) in [5.74, 6) is 0.250. The molecule has 0 spiro atoms. The van der Waals surface area contributed by atoms with Crippen molar-refractivity contribution < 1.29 is 22.7 Å². The summed E-state index contributed by atoms with van der Waals surface area (Å²) in [7, 11) is -2.24. The molecule has 0 radical (unpaired) electrons. The first kappa shape index (κ1) is 19.8. The standard InChI is InChI=1S/C19H23NO5S/c1-3-25-19(21)10-7-15-20(16-8-5-4-6-9-16)26(22,23)18-13-11-17(24-2)12-14-18/h4-6,8-9,11-14H,3,7,10,15H2,1-2H3. The van der Waals surface area contributed by atoms with Crippen LogP contribution in [0.25, 0.3) is 0 Å². The molecule has 26 heavy (non-hydrogen) atoms. The smallest absolute Gasteiger partial charge is 0.305 e. The van der Waals surface area contributed by atoms with Gasteiger partial charge < -0.3 is 9.47 Å². The van der Waals surface area contributed by atoms with Crippen LogP contribution < -0.4 is 9.04 Å². The van der Waals surface area contributed by atoms with Crippen LogP contribution in [0.4, 0.5) is 5.69 Å². The number of para-hydroxylation sites is 1. The lowest BCUT2D eigenvalue weighted by atomic mass is 10.3. The van der Waals surface area contributed by atoms with Gasteiger partial charge in [0.2, 0.25) is 0 Å². The van der Waals surface area contributed by atoms with Gasteiger partial charge in [-0.05, 0) is 49.7 Å². The third-order valence-corrected chi connectivity index (χ3v) is 5.58. The molecule has 0 aliphatic carbocycles. The van der Waals surface area contributed by atoms with Gasteiger partial charge in [0.25, 0.3) is 10.0 Å². The molecule has 0 bridgehead atoms. The van der Waals surface area contributed by atoms with E-state index in [0.29, 0.717) is 24.5 Å². The molecule has 0 unspecified atom stereocenters. The predicted octanol–water partition coefficient (Wildman–Crippen LogP) is 3.23. The zero-order valence-electron chi connectivity index (χ0n) is 14.9. The van der Waals surface area contributed by atoms with E-state index >= 15 is 0 Å². The average molecular weight is 377 g/mol. The van der Waals surface area contributed by atoms with Crippen LogP contribution in [0.3, 0.4) is 0 Å². The summed E-state index contributed by atoms with van der Waals surface area (Å²) in [4.78, 5) is 11.7. The Bertz CT molecular complexity index is 804. The van der Waals surface area contributed by atoms with E-state index in [-0.39, 0.29) is 23.8 Å². The first-order chi connectivity index (χ1) is 12.5. The number of anilines is 1. The third kappa shape index (κ3) is 4.98. The normalized spacial score (nSPS) is 11.0. The largest absolute Gasteiger partial charge is 0.497 e. The first-order valence-electron chi connectivity index (χ1n) is 8.36. The van der Waals surface area contributed by atoms with Gasteiger partial charge in [0.05, 0.1) is 24.3 Å². The summed E-state index contributed by atoms with van der Waals surface area (Å²) in [6.45, 7) is 2.23. The number of hydrogen-bond donors (Lipinski definition) is 0. The Kier molecular flexibility index (Phi) is 7.03. The number of carbonyl (C=O) groups excluding carboxylic acids is 1. The molecule has 0 fully saturated rings. The van der Waals surface area contributed by atoms with Crippen LogP contribution in [-0.2, 0) is 19.6 Å². The zero-order valence-corrected chi connectivity index (χ0v) is 15.7. The van der Waals surface area contributed by atoms with Gasteiger partial charge in [-0.15, -0.1) is 0 Å². The minimum Gasteiger partial charge on any atom is -0.497 e. The quantitative estimate of drug-likeness (QED) is 0.627. The number of benzene rings is 2. The highest BCUT2D eigenvalue weighted by atomic mass is 32.2. The molecule has 2 rings (SSSR count). The van der Waals surface area contributed by atoms with E-state index in [4.69, 9.17) is 9.47 Å². The fraction of sp³-hybridized carbons (Fsp3) is 0.316. The molecule has 0 aliphatic heterocycles. The van der Waals surface area contributed by atoms with E-state index in [9.17, 15) is 13.2 Å². The molecule has 2 aromatic carbocycles. The maximum atomic E-state index is 13.1. The van der Waals surface area contributed by atoms with Gasteiger partial charge in [0.15, 0.2) is 0 Å². The Labute approximate surface area is 154 Å². The van der Waals surface area contributed by atoms with Gasteiger partial charge in [0, 0.05) is 13.0 Å². The van der Waals surface area contributed by atoms with Gasteiger partial charge in [0.1, 0.15) is 5.75 Å². The molecule has 0 aromatic heterocycles. The highest BCUT2D eigenvalue weighted by molar-refractivity contribution is 7.92. The van der Waals surface area contributed by atoms with E-state index in [0.717, 1.165) is 0 Å². The second-order valence-electron chi connectivity index (χ2n) is 5.50. The van der Waals surface area contributed by atoms with Crippen LogP contribution >= 0.6 is 0 Å². The van der Waals surface area contributed by atoms with Crippen molar-refractivity contribution in [3.63, 3.8) is 0 Å². The van der Waals surface area contributed by atoms with E-state index in [2.05, 4.69) is 0 Å². The number of esters is 1. The Balaban J connectivity index is 2.25. The zero-order chi connectivity index (χ0) is 19.0. The van der Waals surface area contributed by atoms with Crippen molar-refractivity contribution in [3.8, 4) is 5.75 Å². The van der Waals surface area contributed by atoms with E-state index < -0.39 is 10.0 Å². The summed E-state index contributed by atoms with van der Waals surface area (Å²) >= 11 is 0. The highest BCUT2D eigenvalue weighted by Crippen LogP contribution is 2.25. The van der Waals surface area contributed by atoms with Crippen molar-refractivity contribution in [1.29, 1.82) is 0 Å². The number of methoxy groups -OCH3 is 1. The SMILES string of the molecule is CCOC(=O)CCCN(c1ccccc1)S(=O)(=O)c1ccc(OC)cc1. The molecule has 7 heteroatoms. The molecule has 0 saturated heterocycles. The number of rotatable bonds is 9. The predicted molar refractivity (Wildman–Crippen MR) is 99.8 cm³/mol. The van der Waals surface area contributed by atoms with Gasteiger partial charge in [-0.3, -0.25) is 9.10 Å². The van der Waals surface area contributed by atoms with Crippen molar-refractivity contribution >= 4 is 21.7 Å². The molecule has 0 heterocycles. The molecule has 6 nitrogen and oxygen atoms in total. The molecule has 140 valence electrons. The number of carbonyl (C=O) groups is 1. The Morgan fingerprint density at radius 2 is 1.69 bits per heavy atom. The molecule has 0 amide bonds. The van der Waals surface area contributed by atoms with Crippen molar-refractivity contribution in [2.24, 2.45) is 0 Å². The maximum Gasteiger partial charge on any atom is 0.305 e. The summed E-state index contributed by atoms with van der Waals surface area (Å²) in [6, 6.07) is 15.1. The van der Waals surface area contributed by atoms with E-state index in [1.165, 1.54) is 23.5 Å². The third-order valence-electron chi connectivity index (χ3n) is 3.74. The van der Waals surface area contributed by atoms with Gasteiger partial charge >= 0.3 is 5.97 Å². The lowest BCUT2D eigenvalue weighted by Crippen LogP contribution is -2.32. The van der Waals surface area contributed by atoms with Crippen LogP contribution in [0.5, 0.6) is 5.75 Å². The molecule has 0 N–H and O–H groups in total. The number of nitrogens with zero attached hydrogens (tertiary/aromatic N) is 1. The maximum absolute atomic E-state index is 13.1. The summed E-state index contributed by atoms with van der Waals surface area (Å²) in [5, 5.41) is 0. The molecule has 0 atom stereocenters. The molecule has 2 aromatic rings. The van der Waals surface area contributed by atoms with Crippen LogP contribution in [-0.4, -0.2) is 34.6 Å². The van der Waals surface area contributed by atoms with Crippen LogP contribution in [0, 0.1) is 0 Å². The van der Waals surface area contributed by atoms with Gasteiger partial charge in [-0.25, -0.2) is 8.42 Å². The van der Waals surface area contributed by atoms with Crippen molar-refractivity contribution in [1.82, 2.24) is 0 Å². The van der Waals surface area contributed by atoms with E-state index in [1.807, 2.05) is 6.07 Å². The van der Waals surface area contributed by atoms with Gasteiger partial charge in [-0.2, -0.15) is 0 Å². The van der Waals surface area contributed by atoms with Crippen molar-refractivity contribution in [2.75, 3.05) is 24.6 Å². The lowest BCUT2D eigenvalue weighted by molar-refractivity contribution is -0.143. The fourth-order valence-electron chi connectivity index (χ4n) is 2.46. The summed E-state index contributed by atoms with van der Waals surface area (Å²) < 4.78 is 37.5. The Morgan fingerprint density at radius 1 is 1.04 bits per heavy atom. The molecule has 0 aliphatic rings. The number of ether oxygens (including phenoxy) is 2. The number of hydrogen-bond acceptors (Lipinski definition) is 5. The lowest BCUT2D eigenvalue weighted by Gasteiger charge is -2.24. The Hall–Kier alpha value is -2.54. The van der Waals surface area contributed by atoms with Crippen LogP contribution in [0.1, 0.15) is 19.8 Å². The molecule has 0 saturated carbocycles. The van der Waals surface area contributed by atoms with Gasteiger partial charge in [-0.1, -0.05) is 18.2 Å². The first-order valence-corrected chi connectivity index (χ1v) is 9.80. The highest BCUT2D eigenvalue weighted by Gasteiger charge is 2.25. The second kappa shape index (κ2) is 9.24. The second-order valence-corrected chi connectivity index (χ2v) is 7.36. The minimum atomic E-state index is -3.76. The van der Waals surface area contributed by atoms with E-state index in [1.54, 1.807) is 43.3 Å². The van der Waals surface area contributed by atoms with Crippen LogP contribution in [0.2, 0.25) is 0 Å².